The van der Waals surface area contributed by atoms with Gasteiger partial charge in [-0.05, 0) is 31.9 Å². The highest BCUT2D eigenvalue weighted by atomic mass is 15.3. The zero-order chi connectivity index (χ0) is 11.8. The highest BCUT2D eigenvalue weighted by Gasteiger charge is 2.32. The molecule has 0 radical (unpaired) electrons. The van der Waals surface area contributed by atoms with Crippen molar-refractivity contribution < 1.29 is 0 Å². The van der Waals surface area contributed by atoms with Crippen LogP contribution in [-0.2, 0) is 0 Å². The fourth-order valence-electron chi connectivity index (χ4n) is 2.30. The van der Waals surface area contributed by atoms with Crippen molar-refractivity contribution in [1.82, 2.24) is 0 Å². The lowest BCUT2D eigenvalue weighted by atomic mass is 9.96. The summed E-state index contributed by atoms with van der Waals surface area (Å²) >= 11 is 0. The zero-order valence-electron chi connectivity index (χ0n) is 10.7. The molecule has 2 nitrogen and oxygen atoms in total. The molecule has 1 aromatic carbocycles. The Morgan fingerprint density at radius 1 is 1.31 bits per heavy atom. The fourth-order valence-corrected chi connectivity index (χ4v) is 2.30. The summed E-state index contributed by atoms with van der Waals surface area (Å²) in [4.78, 5) is 2.53. The Kier molecular flexibility index (Phi) is 2.83. The number of rotatable bonds is 2. The van der Waals surface area contributed by atoms with Gasteiger partial charge in [-0.2, -0.15) is 0 Å². The summed E-state index contributed by atoms with van der Waals surface area (Å²) in [7, 11) is 0. The third-order valence-electron chi connectivity index (χ3n) is 3.18. The Bertz CT molecular complexity index is 369. The van der Waals surface area contributed by atoms with E-state index in [4.69, 9.17) is 0 Å². The van der Waals surface area contributed by atoms with Crippen molar-refractivity contribution in [3.63, 3.8) is 0 Å². The molecule has 1 N–H and O–H groups in total. The summed E-state index contributed by atoms with van der Waals surface area (Å²) in [5, 5.41) is 3.51. The van der Waals surface area contributed by atoms with Gasteiger partial charge in [-0.3, -0.25) is 0 Å². The molecule has 1 aliphatic heterocycles. The van der Waals surface area contributed by atoms with E-state index < -0.39 is 0 Å². The molecule has 0 aromatic heterocycles. The standard InChI is InChI=1S/C14H22N2/c1-11(2)9-16-13-8-6-5-7-12(13)15-10-14(16,3)4/h5-8,11,15H,9-10H2,1-4H3. The third kappa shape index (κ3) is 2.01. The maximum Gasteiger partial charge on any atom is 0.0607 e. The van der Waals surface area contributed by atoms with E-state index in [2.05, 4.69) is 62.2 Å². The molecule has 2 rings (SSSR count). The van der Waals surface area contributed by atoms with E-state index in [9.17, 15) is 0 Å². The van der Waals surface area contributed by atoms with Gasteiger partial charge in [0, 0.05) is 13.1 Å². The van der Waals surface area contributed by atoms with Gasteiger partial charge < -0.3 is 10.2 Å². The van der Waals surface area contributed by atoms with Crippen LogP contribution < -0.4 is 10.2 Å². The first-order valence-electron chi connectivity index (χ1n) is 6.11. The maximum atomic E-state index is 3.51. The van der Waals surface area contributed by atoms with Crippen LogP contribution >= 0.6 is 0 Å². The normalized spacial score (nSPS) is 18.2. The smallest absolute Gasteiger partial charge is 0.0607 e. The minimum atomic E-state index is 0.193. The lowest BCUT2D eigenvalue weighted by Gasteiger charge is -2.46. The topological polar surface area (TPSA) is 15.3 Å². The lowest BCUT2D eigenvalue weighted by molar-refractivity contribution is 0.440. The van der Waals surface area contributed by atoms with Gasteiger partial charge in [0.15, 0.2) is 0 Å². The summed E-state index contributed by atoms with van der Waals surface area (Å²) in [5.74, 6) is 0.686. The predicted molar refractivity (Wildman–Crippen MR) is 71.2 cm³/mol. The van der Waals surface area contributed by atoms with E-state index in [1.807, 2.05) is 0 Å². The van der Waals surface area contributed by atoms with Crippen LogP contribution in [-0.4, -0.2) is 18.6 Å². The average Bonchev–Trinajstić information content (AvgIpc) is 2.22. The summed E-state index contributed by atoms with van der Waals surface area (Å²) in [6.07, 6.45) is 0. The van der Waals surface area contributed by atoms with E-state index in [1.54, 1.807) is 0 Å². The zero-order valence-corrected chi connectivity index (χ0v) is 10.7. The molecule has 0 aliphatic carbocycles. The number of hydrogen-bond donors (Lipinski definition) is 1. The van der Waals surface area contributed by atoms with E-state index in [0.717, 1.165) is 13.1 Å². The van der Waals surface area contributed by atoms with Gasteiger partial charge in [0.05, 0.1) is 16.9 Å². The molecule has 1 aromatic rings. The molecule has 0 bridgehead atoms. The SMILES string of the molecule is CC(C)CN1c2ccccc2NCC1(C)C. The first-order chi connectivity index (χ1) is 7.50. The molecule has 0 amide bonds. The van der Waals surface area contributed by atoms with Gasteiger partial charge in [0.1, 0.15) is 0 Å². The minimum Gasteiger partial charge on any atom is -0.381 e. The van der Waals surface area contributed by atoms with Gasteiger partial charge in [0.25, 0.3) is 0 Å². The Labute approximate surface area is 98.7 Å². The molecule has 0 unspecified atom stereocenters. The molecule has 88 valence electrons. The second-order valence-corrected chi connectivity index (χ2v) is 5.69. The predicted octanol–water partition coefficient (Wildman–Crippen LogP) is 3.35. The molecule has 0 atom stereocenters. The maximum absolute atomic E-state index is 3.51. The second kappa shape index (κ2) is 4.00. The van der Waals surface area contributed by atoms with E-state index in [0.29, 0.717) is 5.92 Å². The van der Waals surface area contributed by atoms with Gasteiger partial charge in [-0.25, -0.2) is 0 Å². The number of anilines is 2. The van der Waals surface area contributed by atoms with E-state index in [1.165, 1.54) is 11.4 Å². The summed E-state index contributed by atoms with van der Waals surface area (Å²) in [6, 6.07) is 8.59. The van der Waals surface area contributed by atoms with Gasteiger partial charge in [-0.1, -0.05) is 26.0 Å². The number of para-hydroxylation sites is 2. The van der Waals surface area contributed by atoms with Crippen molar-refractivity contribution in [1.29, 1.82) is 0 Å². The fraction of sp³-hybridized carbons (Fsp3) is 0.571. The first kappa shape index (κ1) is 11.3. The Morgan fingerprint density at radius 2 is 2.00 bits per heavy atom. The number of fused-ring (bicyclic) bond motifs is 1. The van der Waals surface area contributed by atoms with Crippen LogP contribution in [0.4, 0.5) is 11.4 Å². The summed E-state index contributed by atoms with van der Waals surface area (Å²) < 4.78 is 0. The Balaban J connectivity index is 2.37. The van der Waals surface area contributed by atoms with E-state index >= 15 is 0 Å². The molecule has 1 heterocycles. The second-order valence-electron chi connectivity index (χ2n) is 5.69. The minimum absolute atomic E-state index is 0.193. The number of nitrogens with zero attached hydrogens (tertiary/aromatic N) is 1. The van der Waals surface area contributed by atoms with Crippen LogP contribution in [0.25, 0.3) is 0 Å². The molecule has 2 heteroatoms. The molecule has 16 heavy (non-hydrogen) atoms. The molecular formula is C14H22N2. The monoisotopic (exact) mass is 218 g/mol. The van der Waals surface area contributed by atoms with Gasteiger partial charge in [0.2, 0.25) is 0 Å². The Hall–Kier alpha value is -1.18. The quantitative estimate of drug-likeness (QED) is 0.819. The summed E-state index contributed by atoms with van der Waals surface area (Å²) in [6.45, 7) is 11.3. The van der Waals surface area contributed by atoms with Gasteiger partial charge >= 0.3 is 0 Å². The average molecular weight is 218 g/mol. The van der Waals surface area contributed by atoms with Crippen LogP contribution in [0.1, 0.15) is 27.7 Å². The summed E-state index contributed by atoms with van der Waals surface area (Å²) in [5.41, 5.74) is 2.80. The van der Waals surface area contributed by atoms with Gasteiger partial charge in [-0.15, -0.1) is 0 Å². The molecule has 0 spiro atoms. The van der Waals surface area contributed by atoms with Crippen LogP contribution in [0.2, 0.25) is 0 Å². The Morgan fingerprint density at radius 3 is 2.69 bits per heavy atom. The van der Waals surface area contributed by atoms with Crippen molar-refractivity contribution >= 4 is 11.4 Å². The van der Waals surface area contributed by atoms with Crippen LogP contribution in [0.3, 0.4) is 0 Å². The number of hydrogen-bond acceptors (Lipinski definition) is 2. The van der Waals surface area contributed by atoms with Crippen LogP contribution in [0.5, 0.6) is 0 Å². The third-order valence-corrected chi connectivity index (χ3v) is 3.18. The molecular weight excluding hydrogens is 196 g/mol. The molecule has 0 saturated heterocycles. The van der Waals surface area contributed by atoms with Crippen molar-refractivity contribution in [3.05, 3.63) is 24.3 Å². The molecule has 0 saturated carbocycles. The van der Waals surface area contributed by atoms with Crippen molar-refractivity contribution in [2.45, 2.75) is 33.2 Å². The molecule has 1 aliphatic rings. The highest BCUT2D eigenvalue weighted by Crippen LogP contribution is 2.36. The van der Waals surface area contributed by atoms with Crippen LogP contribution in [0, 0.1) is 5.92 Å². The van der Waals surface area contributed by atoms with E-state index in [-0.39, 0.29) is 5.54 Å². The highest BCUT2D eigenvalue weighted by molar-refractivity contribution is 5.73. The van der Waals surface area contributed by atoms with Crippen molar-refractivity contribution in [3.8, 4) is 0 Å². The molecule has 0 fully saturated rings. The first-order valence-corrected chi connectivity index (χ1v) is 6.11. The lowest BCUT2D eigenvalue weighted by Crippen LogP contribution is -2.53. The van der Waals surface area contributed by atoms with Crippen LogP contribution in [0.15, 0.2) is 24.3 Å². The number of benzene rings is 1. The van der Waals surface area contributed by atoms with Crippen molar-refractivity contribution in [2.24, 2.45) is 5.92 Å². The largest absolute Gasteiger partial charge is 0.381 e. The number of nitrogens with one attached hydrogen (secondary N) is 1. The van der Waals surface area contributed by atoms with Crippen molar-refractivity contribution in [2.75, 3.05) is 23.3 Å².